The molecule has 2 aromatic rings. The molecular formula is C23H26N4O2. The van der Waals surface area contributed by atoms with E-state index in [9.17, 15) is 9.59 Å². The third-order valence-corrected chi connectivity index (χ3v) is 5.65. The van der Waals surface area contributed by atoms with Crippen LogP contribution in [0.3, 0.4) is 0 Å². The minimum absolute atomic E-state index is 0.0152. The van der Waals surface area contributed by atoms with Gasteiger partial charge in [0.25, 0.3) is 5.91 Å². The number of carbonyl (C=O) groups excluding carboxylic acids is 2. The fourth-order valence-corrected chi connectivity index (χ4v) is 3.94. The van der Waals surface area contributed by atoms with Crippen LogP contribution in [0, 0.1) is 13.8 Å². The minimum atomic E-state index is -0.539. The Morgan fingerprint density at radius 1 is 1.14 bits per heavy atom. The average Bonchev–Trinajstić information content (AvgIpc) is 3.03. The number of likely N-dealkylation sites (tertiary alicyclic amines) is 1. The Morgan fingerprint density at radius 3 is 2.59 bits per heavy atom. The van der Waals surface area contributed by atoms with Crippen LogP contribution >= 0.6 is 0 Å². The summed E-state index contributed by atoms with van der Waals surface area (Å²) in [6.45, 7) is 5.77. The molecule has 0 atom stereocenters. The first kappa shape index (κ1) is 19.3. The molecule has 1 spiro atoms. The summed E-state index contributed by atoms with van der Waals surface area (Å²) in [6.07, 6.45) is 1.40. The van der Waals surface area contributed by atoms with E-state index in [1.807, 2.05) is 62.4 Å². The van der Waals surface area contributed by atoms with Crippen molar-refractivity contribution in [3.8, 4) is 0 Å². The van der Waals surface area contributed by atoms with Gasteiger partial charge in [0.05, 0.1) is 6.54 Å². The zero-order valence-electron chi connectivity index (χ0n) is 16.9. The molecular weight excluding hydrogens is 364 g/mol. The van der Waals surface area contributed by atoms with Crippen LogP contribution in [0.5, 0.6) is 0 Å². The largest absolute Gasteiger partial charge is 0.326 e. The van der Waals surface area contributed by atoms with Gasteiger partial charge < -0.3 is 10.6 Å². The van der Waals surface area contributed by atoms with Crippen LogP contribution in [0.1, 0.15) is 29.5 Å². The van der Waals surface area contributed by atoms with E-state index in [1.54, 1.807) is 0 Å². The molecule has 2 aromatic carbocycles. The number of anilines is 1. The molecule has 0 aliphatic carbocycles. The normalized spacial score (nSPS) is 18.4. The molecule has 0 aromatic heterocycles. The Morgan fingerprint density at radius 2 is 1.86 bits per heavy atom. The van der Waals surface area contributed by atoms with Crippen molar-refractivity contribution in [2.24, 2.45) is 4.99 Å². The van der Waals surface area contributed by atoms with E-state index in [1.165, 1.54) is 0 Å². The molecule has 1 saturated heterocycles. The maximum Gasteiger partial charge on any atom is 0.272 e. The molecule has 6 nitrogen and oxygen atoms in total. The van der Waals surface area contributed by atoms with Crippen molar-refractivity contribution >= 4 is 23.2 Å². The number of rotatable bonds is 4. The Kier molecular flexibility index (Phi) is 5.20. The quantitative estimate of drug-likeness (QED) is 0.843. The lowest BCUT2D eigenvalue weighted by Crippen LogP contribution is -2.52. The lowest BCUT2D eigenvalue weighted by atomic mass is 9.98. The van der Waals surface area contributed by atoms with Gasteiger partial charge in [-0.3, -0.25) is 19.5 Å². The number of nitrogens with zero attached hydrogens (tertiary/aromatic N) is 2. The maximum atomic E-state index is 12.5. The summed E-state index contributed by atoms with van der Waals surface area (Å²) < 4.78 is 0. The second-order valence-corrected chi connectivity index (χ2v) is 7.95. The predicted octanol–water partition coefficient (Wildman–Crippen LogP) is 2.65. The third kappa shape index (κ3) is 4.22. The van der Waals surface area contributed by atoms with Crippen molar-refractivity contribution in [2.45, 2.75) is 32.4 Å². The van der Waals surface area contributed by atoms with Gasteiger partial charge in [-0.25, -0.2) is 0 Å². The number of amides is 2. The zero-order chi connectivity index (χ0) is 20.4. The summed E-state index contributed by atoms with van der Waals surface area (Å²) in [6, 6.07) is 15.6. The fraction of sp³-hybridized carbons (Fsp3) is 0.348. The first-order chi connectivity index (χ1) is 13.9. The molecule has 2 aliphatic heterocycles. The minimum Gasteiger partial charge on any atom is -0.326 e. The first-order valence-electron chi connectivity index (χ1n) is 10.0. The zero-order valence-corrected chi connectivity index (χ0v) is 16.9. The van der Waals surface area contributed by atoms with Gasteiger partial charge in [0.1, 0.15) is 11.4 Å². The summed E-state index contributed by atoms with van der Waals surface area (Å²) in [4.78, 5) is 31.8. The van der Waals surface area contributed by atoms with Crippen LogP contribution in [0.25, 0.3) is 0 Å². The average molecular weight is 390 g/mol. The van der Waals surface area contributed by atoms with Gasteiger partial charge in [0.2, 0.25) is 5.91 Å². The van der Waals surface area contributed by atoms with Crippen molar-refractivity contribution < 1.29 is 9.59 Å². The highest BCUT2D eigenvalue weighted by atomic mass is 16.2. The van der Waals surface area contributed by atoms with Gasteiger partial charge in [0, 0.05) is 37.2 Å². The van der Waals surface area contributed by atoms with Crippen LogP contribution in [0.4, 0.5) is 5.69 Å². The first-order valence-corrected chi connectivity index (χ1v) is 10.0. The van der Waals surface area contributed by atoms with Gasteiger partial charge in [-0.1, -0.05) is 42.5 Å². The lowest BCUT2D eigenvalue weighted by molar-refractivity contribution is -0.119. The Bertz CT molecular complexity index is 960. The second-order valence-electron chi connectivity index (χ2n) is 7.95. The van der Waals surface area contributed by atoms with E-state index in [0.717, 1.165) is 22.4 Å². The van der Waals surface area contributed by atoms with Crippen LogP contribution in [-0.2, 0) is 9.59 Å². The van der Waals surface area contributed by atoms with Crippen molar-refractivity contribution in [3.05, 3.63) is 65.2 Å². The number of hydrogen-bond acceptors (Lipinski definition) is 4. The van der Waals surface area contributed by atoms with Gasteiger partial charge in [0.15, 0.2) is 0 Å². The molecule has 0 bridgehead atoms. The van der Waals surface area contributed by atoms with Crippen LogP contribution in [0.2, 0.25) is 0 Å². The van der Waals surface area contributed by atoms with Gasteiger partial charge in [-0.2, -0.15) is 0 Å². The highest BCUT2D eigenvalue weighted by Gasteiger charge is 2.42. The number of nitrogens with one attached hydrogen (secondary N) is 2. The summed E-state index contributed by atoms with van der Waals surface area (Å²) >= 11 is 0. The molecule has 2 N–H and O–H groups in total. The molecule has 0 radical (unpaired) electrons. The highest BCUT2D eigenvalue weighted by molar-refractivity contribution is 6.46. The smallest absolute Gasteiger partial charge is 0.272 e. The molecule has 0 unspecified atom stereocenters. The Labute approximate surface area is 171 Å². The Hall–Kier alpha value is -2.99. The fourth-order valence-electron chi connectivity index (χ4n) is 3.94. The highest BCUT2D eigenvalue weighted by Crippen LogP contribution is 2.28. The maximum absolute atomic E-state index is 12.5. The molecule has 2 amide bonds. The van der Waals surface area contributed by atoms with Gasteiger partial charge in [-0.15, -0.1) is 0 Å². The molecule has 150 valence electrons. The van der Waals surface area contributed by atoms with E-state index in [2.05, 4.69) is 15.5 Å². The second kappa shape index (κ2) is 7.79. The lowest BCUT2D eigenvalue weighted by Gasteiger charge is -2.36. The van der Waals surface area contributed by atoms with E-state index in [4.69, 9.17) is 4.99 Å². The van der Waals surface area contributed by atoms with Crippen LogP contribution in [-0.4, -0.2) is 47.7 Å². The third-order valence-electron chi connectivity index (χ3n) is 5.65. The summed E-state index contributed by atoms with van der Waals surface area (Å²) in [5.74, 6) is -0.129. The molecule has 0 saturated carbocycles. The molecule has 2 heterocycles. The van der Waals surface area contributed by atoms with Crippen LogP contribution < -0.4 is 10.6 Å². The van der Waals surface area contributed by atoms with E-state index in [0.29, 0.717) is 38.2 Å². The van der Waals surface area contributed by atoms with Gasteiger partial charge in [-0.05, 0) is 31.0 Å². The number of benzene rings is 2. The van der Waals surface area contributed by atoms with Crippen molar-refractivity contribution in [1.29, 1.82) is 0 Å². The van der Waals surface area contributed by atoms with Gasteiger partial charge >= 0.3 is 0 Å². The molecule has 29 heavy (non-hydrogen) atoms. The molecule has 1 fully saturated rings. The van der Waals surface area contributed by atoms with E-state index in [-0.39, 0.29) is 11.8 Å². The number of carbonyl (C=O) groups is 2. The molecule has 4 rings (SSSR count). The van der Waals surface area contributed by atoms with Crippen LogP contribution in [0.15, 0.2) is 53.5 Å². The topological polar surface area (TPSA) is 73.8 Å². The number of aliphatic imine (C=N–C) groups is 1. The summed E-state index contributed by atoms with van der Waals surface area (Å²) in [5.41, 5.74) is 3.85. The summed E-state index contributed by atoms with van der Waals surface area (Å²) in [7, 11) is 0. The number of aryl methyl sites for hydroxylation is 2. The monoisotopic (exact) mass is 390 g/mol. The molecule has 6 heteroatoms. The number of hydrogen-bond donors (Lipinski definition) is 2. The Balaban J connectivity index is 1.36. The number of piperidine rings is 1. The molecule has 2 aliphatic rings. The van der Waals surface area contributed by atoms with E-state index < -0.39 is 5.66 Å². The van der Waals surface area contributed by atoms with Crippen molar-refractivity contribution in [2.75, 3.05) is 25.0 Å². The van der Waals surface area contributed by atoms with Crippen molar-refractivity contribution in [1.82, 2.24) is 10.2 Å². The summed E-state index contributed by atoms with van der Waals surface area (Å²) in [5, 5.41) is 6.09. The van der Waals surface area contributed by atoms with Crippen molar-refractivity contribution in [3.63, 3.8) is 0 Å². The SMILES string of the molecule is Cc1ccc(C)c(NC(=O)CN2CCC3(CC2)N=C(c2ccccc2)C(=O)N3)c1. The standard InChI is InChI=1S/C23H26N4O2/c1-16-8-9-17(2)19(14-16)24-20(28)15-27-12-10-23(11-13-27)25-21(22(29)26-23)18-6-4-3-5-7-18/h3-9,14H,10-13,15H2,1-2H3,(H,24,28)(H,26,29). The predicted molar refractivity (Wildman–Crippen MR) is 114 cm³/mol. The van der Waals surface area contributed by atoms with E-state index >= 15 is 0 Å².